The van der Waals surface area contributed by atoms with Gasteiger partial charge in [0.25, 0.3) is 0 Å². The van der Waals surface area contributed by atoms with Gasteiger partial charge < -0.3 is 15.1 Å². The van der Waals surface area contributed by atoms with Crippen molar-refractivity contribution in [1.29, 1.82) is 0 Å². The van der Waals surface area contributed by atoms with Crippen LogP contribution in [0.3, 0.4) is 0 Å². The first-order valence-corrected chi connectivity index (χ1v) is 8.23. The number of rotatable bonds is 9. The number of hydrogen-bond acceptors (Lipinski definition) is 3. The van der Waals surface area contributed by atoms with E-state index in [-0.39, 0.29) is 18.4 Å². The van der Waals surface area contributed by atoms with Crippen LogP contribution in [0.5, 0.6) is 0 Å². The number of nitrogens with one attached hydrogen (secondary N) is 1. The highest BCUT2D eigenvalue weighted by Crippen LogP contribution is 2.11. The number of amides is 2. The Kier molecular flexibility index (Phi) is 8.66. The first kappa shape index (κ1) is 19.5. The van der Waals surface area contributed by atoms with Crippen molar-refractivity contribution in [2.75, 3.05) is 33.7 Å². The lowest BCUT2D eigenvalue weighted by atomic mass is 10.2. The lowest BCUT2D eigenvalue weighted by Crippen LogP contribution is -2.42. The Morgan fingerprint density at radius 2 is 1.78 bits per heavy atom. The molecule has 2 amide bonds. The van der Waals surface area contributed by atoms with Gasteiger partial charge in [0.2, 0.25) is 11.8 Å². The summed E-state index contributed by atoms with van der Waals surface area (Å²) < 4.78 is 0. The van der Waals surface area contributed by atoms with Crippen LogP contribution in [0.4, 0.5) is 0 Å². The van der Waals surface area contributed by atoms with E-state index in [9.17, 15) is 9.59 Å². The summed E-state index contributed by atoms with van der Waals surface area (Å²) in [4.78, 5) is 27.7. The van der Waals surface area contributed by atoms with E-state index in [1.54, 1.807) is 4.90 Å². The number of benzene rings is 1. The van der Waals surface area contributed by atoms with E-state index in [2.05, 4.69) is 5.32 Å². The van der Waals surface area contributed by atoms with Crippen molar-refractivity contribution in [3.63, 3.8) is 0 Å². The van der Waals surface area contributed by atoms with Gasteiger partial charge in [0.05, 0.1) is 6.54 Å². The van der Waals surface area contributed by atoms with Gasteiger partial charge >= 0.3 is 0 Å². The second kappa shape index (κ2) is 10.2. The van der Waals surface area contributed by atoms with E-state index < -0.39 is 0 Å². The molecule has 0 atom stereocenters. The zero-order chi connectivity index (χ0) is 17.2. The van der Waals surface area contributed by atoms with Crippen LogP contribution in [0, 0.1) is 0 Å². The monoisotopic (exact) mass is 339 g/mol. The van der Waals surface area contributed by atoms with Gasteiger partial charge in [0, 0.05) is 31.1 Å². The van der Waals surface area contributed by atoms with Crippen LogP contribution in [0.25, 0.3) is 0 Å². The fourth-order valence-corrected chi connectivity index (χ4v) is 2.15. The summed E-state index contributed by atoms with van der Waals surface area (Å²) in [6.07, 6.45) is 1.22. The van der Waals surface area contributed by atoms with E-state index >= 15 is 0 Å². The van der Waals surface area contributed by atoms with Gasteiger partial charge in [0.1, 0.15) is 0 Å². The average Bonchev–Trinajstić information content (AvgIpc) is 2.51. The van der Waals surface area contributed by atoms with Crippen LogP contribution >= 0.6 is 11.6 Å². The number of likely N-dealkylation sites (N-methyl/N-ethyl adjacent to an activating group) is 1. The maximum absolute atomic E-state index is 12.4. The van der Waals surface area contributed by atoms with Crippen molar-refractivity contribution in [2.45, 2.75) is 26.3 Å². The summed E-state index contributed by atoms with van der Waals surface area (Å²) in [5.41, 5.74) is 1.02. The van der Waals surface area contributed by atoms with Crippen LogP contribution in [0.15, 0.2) is 24.3 Å². The summed E-state index contributed by atoms with van der Waals surface area (Å²) in [7, 11) is 3.93. The minimum absolute atomic E-state index is 0.0415. The third-order valence-electron chi connectivity index (χ3n) is 3.37. The van der Waals surface area contributed by atoms with E-state index in [1.807, 2.05) is 50.2 Å². The van der Waals surface area contributed by atoms with Gasteiger partial charge in [-0.1, -0.05) is 30.7 Å². The van der Waals surface area contributed by atoms with Crippen LogP contribution in [-0.4, -0.2) is 55.3 Å². The summed E-state index contributed by atoms with van der Waals surface area (Å²) in [6.45, 7) is 3.86. The third kappa shape index (κ3) is 8.00. The van der Waals surface area contributed by atoms with E-state index in [0.717, 1.165) is 18.5 Å². The summed E-state index contributed by atoms with van der Waals surface area (Å²) in [6, 6.07) is 7.45. The molecule has 0 spiro atoms. The van der Waals surface area contributed by atoms with Crippen molar-refractivity contribution in [3.8, 4) is 0 Å². The number of hydrogen-bond donors (Lipinski definition) is 1. The molecule has 1 rings (SSSR count). The van der Waals surface area contributed by atoms with Crippen molar-refractivity contribution in [2.24, 2.45) is 0 Å². The van der Waals surface area contributed by atoms with Gasteiger partial charge in [-0.25, -0.2) is 0 Å². The minimum atomic E-state index is -0.0834. The molecule has 128 valence electrons. The molecule has 0 fully saturated rings. The SMILES string of the molecule is CCCC(=O)NCC(=O)N(CCN(C)C)Cc1ccc(Cl)cc1. The predicted molar refractivity (Wildman–Crippen MR) is 93.3 cm³/mol. The second-order valence-corrected chi connectivity index (χ2v) is 6.21. The normalized spacial score (nSPS) is 10.7. The Labute approximate surface area is 143 Å². The molecular formula is C17H26ClN3O2. The second-order valence-electron chi connectivity index (χ2n) is 5.77. The molecule has 6 heteroatoms. The Hall–Kier alpha value is -1.59. The number of nitrogens with zero attached hydrogens (tertiary/aromatic N) is 2. The van der Waals surface area contributed by atoms with Gasteiger partial charge in [-0.15, -0.1) is 0 Å². The highest BCUT2D eigenvalue weighted by atomic mass is 35.5. The van der Waals surface area contributed by atoms with Crippen molar-refractivity contribution in [1.82, 2.24) is 15.1 Å². The molecule has 0 aromatic heterocycles. The summed E-state index contributed by atoms with van der Waals surface area (Å²) in [5.74, 6) is -0.161. The molecule has 23 heavy (non-hydrogen) atoms. The zero-order valence-electron chi connectivity index (χ0n) is 14.1. The van der Waals surface area contributed by atoms with Crippen LogP contribution in [0.2, 0.25) is 5.02 Å². The highest BCUT2D eigenvalue weighted by molar-refractivity contribution is 6.30. The van der Waals surface area contributed by atoms with Gasteiger partial charge in [0.15, 0.2) is 0 Å². The van der Waals surface area contributed by atoms with Crippen LogP contribution < -0.4 is 5.32 Å². The first-order valence-electron chi connectivity index (χ1n) is 7.86. The van der Waals surface area contributed by atoms with Crippen LogP contribution in [0.1, 0.15) is 25.3 Å². The Balaban J connectivity index is 2.64. The molecule has 0 radical (unpaired) electrons. The summed E-state index contributed by atoms with van der Waals surface area (Å²) >= 11 is 5.89. The maximum atomic E-state index is 12.4. The molecule has 0 unspecified atom stereocenters. The van der Waals surface area contributed by atoms with Crippen molar-refractivity contribution < 1.29 is 9.59 Å². The number of carbonyl (C=O) groups excluding carboxylic acids is 2. The fourth-order valence-electron chi connectivity index (χ4n) is 2.02. The maximum Gasteiger partial charge on any atom is 0.242 e. The van der Waals surface area contributed by atoms with Crippen molar-refractivity contribution >= 4 is 23.4 Å². The molecule has 0 saturated carbocycles. The standard InChI is InChI=1S/C17H26ClN3O2/c1-4-5-16(22)19-12-17(23)21(11-10-20(2)3)13-14-6-8-15(18)9-7-14/h6-9H,4-5,10-13H2,1-3H3,(H,19,22). The summed E-state index contributed by atoms with van der Waals surface area (Å²) in [5, 5.41) is 3.35. The molecule has 0 saturated heterocycles. The lowest BCUT2D eigenvalue weighted by Gasteiger charge is -2.25. The Bertz CT molecular complexity index is 503. The van der Waals surface area contributed by atoms with E-state index in [1.165, 1.54) is 0 Å². The molecular weight excluding hydrogens is 314 g/mol. The van der Waals surface area contributed by atoms with Gasteiger partial charge in [-0.2, -0.15) is 0 Å². The molecule has 0 bridgehead atoms. The molecule has 0 heterocycles. The average molecular weight is 340 g/mol. The molecule has 1 aromatic carbocycles. The minimum Gasteiger partial charge on any atom is -0.347 e. The molecule has 0 aliphatic heterocycles. The number of halogens is 1. The highest BCUT2D eigenvalue weighted by Gasteiger charge is 2.15. The zero-order valence-corrected chi connectivity index (χ0v) is 14.9. The number of carbonyl (C=O) groups is 2. The van der Waals surface area contributed by atoms with Gasteiger partial charge in [-0.05, 0) is 38.2 Å². The fraction of sp³-hybridized carbons (Fsp3) is 0.529. The van der Waals surface area contributed by atoms with E-state index in [4.69, 9.17) is 11.6 Å². The third-order valence-corrected chi connectivity index (χ3v) is 3.62. The molecule has 1 N–H and O–H groups in total. The Morgan fingerprint density at radius 1 is 1.13 bits per heavy atom. The molecule has 0 aliphatic carbocycles. The smallest absolute Gasteiger partial charge is 0.242 e. The quantitative estimate of drug-likeness (QED) is 0.750. The predicted octanol–water partition coefficient (Wildman–Crippen LogP) is 2.15. The Morgan fingerprint density at radius 3 is 2.35 bits per heavy atom. The largest absolute Gasteiger partial charge is 0.347 e. The molecule has 0 aliphatic rings. The van der Waals surface area contributed by atoms with E-state index in [0.29, 0.717) is 24.5 Å². The van der Waals surface area contributed by atoms with Gasteiger partial charge in [-0.3, -0.25) is 9.59 Å². The topological polar surface area (TPSA) is 52.7 Å². The lowest BCUT2D eigenvalue weighted by molar-refractivity contribution is -0.133. The van der Waals surface area contributed by atoms with Crippen molar-refractivity contribution in [3.05, 3.63) is 34.9 Å². The molecule has 1 aromatic rings. The first-order chi connectivity index (χ1) is 10.9. The molecule has 5 nitrogen and oxygen atoms in total. The van der Waals surface area contributed by atoms with Crippen LogP contribution in [-0.2, 0) is 16.1 Å².